The van der Waals surface area contributed by atoms with E-state index in [0.717, 1.165) is 42.3 Å². The average Bonchev–Trinajstić information content (AvgIpc) is 3.12. The van der Waals surface area contributed by atoms with Crippen LogP contribution >= 0.6 is 11.3 Å². The third-order valence-electron chi connectivity index (χ3n) is 3.55. The molecule has 1 fully saturated rings. The van der Waals surface area contributed by atoms with Crippen LogP contribution in [0.15, 0.2) is 17.9 Å². The van der Waals surface area contributed by atoms with Crippen LogP contribution in [0.4, 0.5) is 8.78 Å². The van der Waals surface area contributed by atoms with Gasteiger partial charge in [-0.1, -0.05) is 0 Å². The van der Waals surface area contributed by atoms with Gasteiger partial charge in [-0.2, -0.15) is 8.78 Å². The maximum absolute atomic E-state index is 12.8. The fraction of sp³-hybridized carbons (Fsp3) is 0.583. The molecule has 114 valence electrons. The molecule has 6 nitrogen and oxygen atoms in total. The van der Waals surface area contributed by atoms with Crippen molar-refractivity contribution < 1.29 is 8.78 Å². The number of halogens is 2. The van der Waals surface area contributed by atoms with E-state index >= 15 is 0 Å². The monoisotopic (exact) mass is 314 g/mol. The number of hydrogen-bond donors (Lipinski definition) is 0. The van der Waals surface area contributed by atoms with Crippen molar-refractivity contribution in [2.75, 3.05) is 26.2 Å². The van der Waals surface area contributed by atoms with Crippen LogP contribution < -0.4 is 0 Å². The Morgan fingerprint density at radius 3 is 2.48 bits per heavy atom. The summed E-state index contributed by atoms with van der Waals surface area (Å²) in [7, 11) is 0. The molecular formula is C12H16F2N6S. The maximum atomic E-state index is 12.8. The van der Waals surface area contributed by atoms with Gasteiger partial charge < -0.3 is 0 Å². The number of hydrogen-bond acceptors (Lipinski definition) is 6. The molecule has 2 aromatic rings. The van der Waals surface area contributed by atoms with E-state index in [-0.39, 0.29) is 0 Å². The number of nitrogens with zero attached hydrogens (tertiary/aromatic N) is 6. The van der Waals surface area contributed by atoms with E-state index < -0.39 is 6.55 Å². The number of imidazole rings is 1. The fourth-order valence-electron chi connectivity index (χ4n) is 2.41. The van der Waals surface area contributed by atoms with Crippen LogP contribution in [0.5, 0.6) is 0 Å². The van der Waals surface area contributed by atoms with Crippen molar-refractivity contribution in [3.8, 4) is 0 Å². The van der Waals surface area contributed by atoms with Gasteiger partial charge in [0.05, 0.1) is 13.1 Å². The van der Waals surface area contributed by atoms with Crippen LogP contribution in [0, 0.1) is 0 Å². The highest BCUT2D eigenvalue weighted by Gasteiger charge is 2.20. The molecule has 0 unspecified atom stereocenters. The minimum absolute atomic E-state index is 0.419. The van der Waals surface area contributed by atoms with Crippen LogP contribution in [-0.2, 0) is 13.1 Å². The Labute approximate surface area is 125 Å². The summed E-state index contributed by atoms with van der Waals surface area (Å²) in [6, 6.07) is 0. The molecule has 0 radical (unpaired) electrons. The van der Waals surface area contributed by atoms with Crippen LogP contribution in [0.25, 0.3) is 0 Å². The molecule has 1 aliphatic rings. The quantitative estimate of drug-likeness (QED) is 0.836. The van der Waals surface area contributed by atoms with Crippen molar-refractivity contribution in [3.05, 3.63) is 28.7 Å². The highest BCUT2D eigenvalue weighted by Crippen LogP contribution is 2.15. The molecule has 0 atom stereocenters. The number of alkyl halides is 2. The van der Waals surface area contributed by atoms with Crippen molar-refractivity contribution in [2.24, 2.45) is 0 Å². The molecular weight excluding hydrogens is 298 g/mol. The van der Waals surface area contributed by atoms with Gasteiger partial charge in [0, 0.05) is 38.6 Å². The lowest BCUT2D eigenvalue weighted by Crippen LogP contribution is -2.45. The first-order chi connectivity index (χ1) is 10.2. The summed E-state index contributed by atoms with van der Waals surface area (Å²) < 4.78 is 26.5. The van der Waals surface area contributed by atoms with E-state index in [2.05, 4.69) is 25.0 Å². The SMILES string of the molecule is FC(F)n1ccnc1CN1CCN(Cc2nncs2)CC1. The van der Waals surface area contributed by atoms with Gasteiger partial charge in [-0.3, -0.25) is 14.4 Å². The van der Waals surface area contributed by atoms with E-state index in [1.165, 1.54) is 12.4 Å². The highest BCUT2D eigenvalue weighted by atomic mass is 32.1. The van der Waals surface area contributed by atoms with E-state index in [0.29, 0.717) is 12.4 Å². The summed E-state index contributed by atoms with van der Waals surface area (Å²) in [6.45, 7) is 2.23. The van der Waals surface area contributed by atoms with Crippen LogP contribution in [0.2, 0.25) is 0 Å². The largest absolute Gasteiger partial charge is 0.319 e. The van der Waals surface area contributed by atoms with Gasteiger partial charge in [-0.15, -0.1) is 21.5 Å². The Morgan fingerprint density at radius 2 is 1.86 bits per heavy atom. The van der Waals surface area contributed by atoms with Gasteiger partial charge in [-0.25, -0.2) is 4.98 Å². The molecule has 0 bridgehead atoms. The molecule has 9 heteroatoms. The van der Waals surface area contributed by atoms with Gasteiger partial charge in [0.1, 0.15) is 16.3 Å². The molecule has 0 aromatic carbocycles. The van der Waals surface area contributed by atoms with Crippen LogP contribution in [0.3, 0.4) is 0 Å². The lowest BCUT2D eigenvalue weighted by molar-refractivity contribution is 0.0603. The van der Waals surface area contributed by atoms with E-state index in [1.54, 1.807) is 16.8 Å². The third-order valence-corrected chi connectivity index (χ3v) is 4.24. The second kappa shape index (κ2) is 6.54. The van der Waals surface area contributed by atoms with E-state index in [9.17, 15) is 8.78 Å². The highest BCUT2D eigenvalue weighted by molar-refractivity contribution is 7.09. The zero-order valence-electron chi connectivity index (χ0n) is 11.4. The Morgan fingerprint density at radius 1 is 1.14 bits per heavy atom. The van der Waals surface area contributed by atoms with Gasteiger partial charge in [-0.05, 0) is 0 Å². The van der Waals surface area contributed by atoms with E-state index in [1.807, 2.05) is 0 Å². The predicted molar refractivity (Wildman–Crippen MR) is 73.9 cm³/mol. The topological polar surface area (TPSA) is 50.1 Å². The van der Waals surface area contributed by atoms with Gasteiger partial charge in [0.2, 0.25) is 0 Å². The Hall–Kier alpha value is -1.45. The Kier molecular flexibility index (Phi) is 4.51. The van der Waals surface area contributed by atoms with Crippen molar-refractivity contribution >= 4 is 11.3 Å². The Balaban J connectivity index is 1.50. The Bertz CT molecular complexity index is 550. The number of piperazine rings is 1. The van der Waals surface area contributed by atoms with Gasteiger partial charge in [0.25, 0.3) is 0 Å². The molecule has 0 N–H and O–H groups in total. The second-order valence-electron chi connectivity index (χ2n) is 4.91. The van der Waals surface area contributed by atoms with Gasteiger partial charge in [0.15, 0.2) is 0 Å². The molecule has 0 amide bonds. The molecule has 3 heterocycles. The first-order valence-corrected chi connectivity index (χ1v) is 7.60. The maximum Gasteiger partial charge on any atom is 0.319 e. The van der Waals surface area contributed by atoms with Crippen molar-refractivity contribution in [1.29, 1.82) is 0 Å². The molecule has 3 rings (SSSR count). The lowest BCUT2D eigenvalue weighted by Gasteiger charge is -2.33. The number of aromatic nitrogens is 4. The summed E-state index contributed by atoms with van der Waals surface area (Å²) in [5.41, 5.74) is 1.73. The zero-order valence-corrected chi connectivity index (χ0v) is 12.2. The third kappa shape index (κ3) is 3.60. The molecule has 0 aliphatic carbocycles. The predicted octanol–water partition coefficient (Wildman–Crippen LogP) is 1.45. The van der Waals surface area contributed by atoms with Crippen molar-refractivity contribution in [2.45, 2.75) is 19.6 Å². The van der Waals surface area contributed by atoms with E-state index in [4.69, 9.17) is 0 Å². The first-order valence-electron chi connectivity index (χ1n) is 6.72. The molecule has 21 heavy (non-hydrogen) atoms. The van der Waals surface area contributed by atoms with Gasteiger partial charge >= 0.3 is 6.55 Å². The second-order valence-corrected chi connectivity index (χ2v) is 5.83. The summed E-state index contributed by atoms with van der Waals surface area (Å²) >= 11 is 1.55. The minimum Gasteiger partial charge on any atom is -0.294 e. The molecule has 2 aromatic heterocycles. The lowest BCUT2D eigenvalue weighted by atomic mass is 10.3. The van der Waals surface area contributed by atoms with Crippen LogP contribution in [0.1, 0.15) is 17.4 Å². The molecule has 1 aliphatic heterocycles. The van der Waals surface area contributed by atoms with Crippen molar-refractivity contribution in [3.63, 3.8) is 0 Å². The summed E-state index contributed by atoms with van der Waals surface area (Å²) in [5, 5.41) is 8.88. The fourth-order valence-corrected chi connectivity index (χ4v) is 2.97. The van der Waals surface area contributed by atoms with Crippen molar-refractivity contribution in [1.82, 2.24) is 29.5 Å². The normalized spacial score (nSPS) is 17.7. The zero-order chi connectivity index (χ0) is 14.7. The minimum atomic E-state index is -2.53. The smallest absolute Gasteiger partial charge is 0.294 e. The standard InChI is InChI=1S/C12H16F2N6S/c13-12(14)20-2-1-15-10(20)7-18-3-5-19(6-4-18)8-11-17-16-9-21-11/h1-2,9,12H,3-8H2. The molecule has 0 saturated carbocycles. The van der Waals surface area contributed by atoms with Crippen LogP contribution in [-0.4, -0.2) is 55.7 Å². The number of rotatable bonds is 5. The summed E-state index contributed by atoms with van der Waals surface area (Å²) in [6.07, 6.45) is 2.75. The average molecular weight is 314 g/mol. The summed E-state index contributed by atoms with van der Waals surface area (Å²) in [4.78, 5) is 8.48. The molecule has 0 spiro atoms. The first kappa shape index (κ1) is 14.5. The summed E-state index contributed by atoms with van der Waals surface area (Å²) in [5.74, 6) is 0.419. The molecule has 1 saturated heterocycles.